The molecule has 1 aliphatic rings. The molecule has 0 spiro atoms. The number of nitrogens with zero attached hydrogens (tertiary/aromatic N) is 3. The zero-order valence-electron chi connectivity index (χ0n) is 14.1. The van der Waals surface area contributed by atoms with E-state index in [1.54, 1.807) is 6.92 Å². The molecular weight excluding hydrogens is 286 g/mol. The lowest BCUT2D eigenvalue weighted by Gasteiger charge is -2.32. The Morgan fingerprint density at radius 1 is 0.957 bits per heavy atom. The number of carbonyl (C=O) groups is 1. The normalized spacial score (nSPS) is 13.1. The fourth-order valence-electron chi connectivity index (χ4n) is 2.99. The van der Waals surface area contributed by atoms with Gasteiger partial charge in [0.1, 0.15) is 5.71 Å². The summed E-state index contributed by atoms with van der Waals surface area (Å²) in [6, 6.07) is 16.6. The molecule has 1 amide bonds. The van der Waals surface area contributed by atoms with E-state index in [4.69, 9.17) is 5.10 Å². The van der Waals surface area contributed by atoms with Crippen molar-refractivity contribution < 1.29 is 9.39 Å². The smallest absolute Gasteiger partial charge is 0.267 e. The van der Waals surface area contributed by atoms with E-state index >= 15 is 0 Å². The maximum absolute atomic E-state index is 12.1. The Balaban J connectivity index is 2.22. The molecule has 2 aromatic rings. The zero-order valence-corrected chi connectivity index (χ0v) is 14.1. The van der Waals surface area contributed by atoms with E-state index in [0.717, 1.165) is 23.3 Å². The molecular formula is C19H22N3O+. The summed E-state index contributed by atoms with van der Waals surface area (Å²) in [6.07, 6.45) is 0.899. The van der Waals surface area contributed by atoms with E-state index < -0.39 is 0 Å². The van der Waals surface area contributed by atoms with Crippen molar-refractivity contribution in [1.82, 2.24) is 5.12 Å². The van der Waals surface area contributed by atoms with Crippen LogP contribution in [0.25, 0.3) is 0 Å². The molecule has 23 heavy (non-hydrogen) atoms. The van der Waals surface area contributed by atoms with Crippen LogP contribution in [-0.4, -0.2) is 42.5 Å². The molecule has 1 aliphatic carbocycles. The quantitative estimate of drug-likeness (QED) is 0.529. The Kier molecular flexibility index (Phi) is 3.78. The molecule has 118 valence electrons. The Morgan fingerprint density at radius 2 is 1.43 bits per heavy atom. The van der Waals surface area contributed by atoms with E-state index in [0.29, 0.717) is 4.59 Å². The predicted octanol–water partition coefficient (Wildman–Crippen LogP) is 2.81. The van der Waals surface area contributed by atoms with Gasteiger partial charge in [-0.3, -0.25) is 4.79 Å². The molecule has 0 aromatic heterocycles. The lowest BCUT2D eigenvalue weighted by atomic mass is 9.85. The van der Waals surface area contributed by atoms with Gasteiger partial charge in [0.25, 0.3) is 5.91 Å². The Morgan fingerprint density at radius 3 is 1.87 bits per heavy atom. The third-order valence-electron chi connectivity index (χ3n) is 3.97. The topological polar surface area (TPSA) is 32.7 Å². The summed E-state index contributed by atoms with van der Waals surface area (Å²) in [5, 5.41) is 6.28. The van der Waals surface area contributed by atoms with Crippen LogP contribution >= 0.6 is 0 Å². The van der Waals surface area contributed by atoms with Crippen molar-refractivity contribution in [3.8, 4) is 0 Å². The molecule has 0 saturated carbocycles. The van der Waals surface area contributed by atoms with Gasteiger partial charge < -0.3 is 0 Å². The van der Waals surface area contributed by atoms with E-state index in [1.165, 1.54) is 16.2 Å². The summed E-state index contributed by atoms with van der Waals surface area (Å²) in [5.74, 6) is -0.0782. The maximum Gasteiger partial charge on any atom is 0.290 e. The molecule has 2 aromatic carbocycles. The Labute approximate surface area is 137 Å². The molecule has 0 N–H and O–H groups in total. The molecule has 0 aliphatic heterocycles. The van der Waals surface area contributed by atoms with Crippen molar-refractivity contribution in [1.29, 1.82) is 0 Å². The molecule has 0 saturated heterocycles. The summed E-state index contributed by atoms with van der Waals surface area (Å²) in [4.78, 5) is 12.1. The van der Waals surface area contributed by atoms with Crippen LogP contribution < -0.4 is 0 Å². The van der Waals surface area contributed by atoms with Crippen LogP contribution in [0.5, 0.6) is 0 Å². The number of quaternary nitrogens is 1. The monoisotopic (exact) mass is 308 g/mol. The highest BCUT2D eigenvalue weighted by molar-refractivity contribution is 6.16. The molecule has 3 rings (SSSR count). The average Bonchev–Trinajstić information content (AvgIpc) is 2.49. The SMILES string of the molecule is CC(=O)N(N=C1c2ccccc2Cc2ccccc21)[N+](C)(C)C. The number of hydrazone groups is 1. The number of carbonyl (C=O) groups excluding carboxylic acids is 1. The number of hydrogen-bond donors (Lipinski definition) is 0. The fourth-order valence-corrected chi connectivity index (χ4v) is 2.99. The largest absolute Gasteiger partial charge is 0.290 e. The third-order valence-corrected chi connectivity index (χ3v) is 3.97. The first-order chi connectivity index (χ1) is 10.9. The van der Waals surface area contributed by atoms with Gasteiger partial charge in [-0.25, -0.2) is 4.59 Å². The summed E-state index contributed by atoms with van der Waals surface area (Å²) in [5.41, 5.74) is 5.56. The summed E-state index contributed by atoms with van der Waals surface area (Å²) in [6.45, 7) is 1.55. The first-order valence-corrected chi connectivity index (χ1v) is 7.75. The van der Waals surface area contributed by atoms with Crippen molar-refractivity contribution in [2.45, 2.75) is 13.3 Å². The summed E-state index contributed by atoms with van der Waals surface area (Å²) >= 11 is 0. The first-order valence-electron chi connectivity index (χ1n) is 7.75. The van der Waals surface area contributed by atoms with Crippen molar-refractivity contribution in [3.63, 3.8) is 0 Å². The molecule has 0 heterocycles. The van der Waals surface area contributed by atoms with Gasteiger partial charge in [0, 0.05) is 18.1 Å². The lowest BCUT2D eigenvalue weighted by molar-refractivity contribution is -0.974. The van der Waals surface area contributed by atoms with Crippen LogP contribution in [0.1, 0.15) is 29.2 Å². The average molecular weight is 308 g/mol. The van der Waals surface area contributed by atoms with Gasteiger partial charge in [0.15, 0.2) is 0 Å². The second kappa shape index (κ2) is 5.63. The van der Waals surface area contributed by atoms with Crippen molar-refractivity contribution in [2.75, 3.05) is 21.1 Å². The molecule has 0 bridgehead atoms. The van der Waals surface area contributed by atoms with Gasteiger partial charge in [-0.1, -0.05) is 53.6 Å². The number of amides is 1. The predicted molar refractivity (Wildman–Crippen MR) is 91.9 cm³/mol. The minimum Gasteiger partial charge on any atom is -0.267 e. The van der Waals surface area contributed by atoms with Gasteiger partial charge in [-0.15, -0.1) is 5.10 Å². The molecule has 4 nitrogen and oxygen atoms in total. The van der Waals surface area contributed by atoms with Gasteiger partial charge in [0.05, 0.1) is 21.1 Å². The summed E-state index contributed by atoms with van der Waals surface area (Å²) in [7, 11) is 5.81. The molecule has 0 radical (unpaired) electrons. The number of fused-ring (bicyclic) bond motifs is 2. The van der Waals surface area contributed by atoms with E-state index in [-0.39, 0.29) is 5.91 Å². The van der Waals surface area contributed by atoms with Gasteiger partial charge in [-0.2, -0.15) is 0 Å². The van der Waals surface area contributed by atoms with Gasteiger partial charge >= 0.3 is 0 Å². The maximum atomic E-state index is 12.1. The molecule has 0 atom stereocenters. The lowest BCUT2D eigenvalue weighted by Crippen LogP contribution is -2.51. The highest BCUT2D eigenvalue weighted by Gasteiger charge is 2.28. The fraction of sp³-hybridized carbons (Fsp3) is 0.263. The van der Waals surface area contributed by atoms with Crippen LogP contribution in [0.3, 0.4) is 0 Å². The van der Waals surface area contributed by atoms with E-state index in [2.05, 4.69) is 24.3 Å². The third kappa shape index (κ3) is 2.90. The van der Waals surface area contributed by atoms with Crippen LogP contribution in [0.15, 0.2) is 53.6 Å². The number of benzene rings is 2. The molecule has 0 unspecified atom stereocenters. The first kappa shape index (κ1) is 15.4. The van der Waals surface area contributed by atoms with E-state index in [1.807, 2.05) is 45.4 Å². The van der Waals surface area contributed by atoms with Crippen molar-refractivity contribution >= 4 is 11.6 Å². The minimum atomic E-state index is -0.0782. The second-order valence-corrected chi connectivity index (χ2v) is 6.69. The molecule has 0 fully saturated rings. The highest BCUT2D eigenvalue weighted by Crippen LogP contribution is 2.28. The zero-order chi connectivity index (χ0) is 16.6. The second-order valence-electron chi connectivity index (χ2n) is 6.69. The Hall–Kier alpha value is -2.46. The van der Waals surface area contributed by atoms with Gasteiger partial charge in [-0.05, 0) is 17.5 Å². The number of rotatable bonds is 2. The van der Waals surface area contributed by atoms with Gasteiger partial charge in [0.2, 0.25) is 0 Å². The van der Waals surface area contributed by atoms with Crippen LogP contribution in [0.2, 0.25) is 0 Å². The van der Waals surface area contributed by atoms with Crippen LogP contribution in [-0.2, 0) is 11.2 Å². The standard InChI is InChI=1S/C19H22N3O/c1-14(23)21(22(2,3)4)20-19-17-11-7-5-9-15(17)13-16-10-6-8-12-18(16)19/h5-12H,13H2,1-4H3/q+1. The van der Waals surface area contributed by atoms with E-state index in [9.17, 15) is 4.79 Å². The Bertz CT molecular complexity index is 740. The van der Waals surface area contributed by atoms with Crippen LogP contribution in [0.4, 0.5) is 0 Å². The number of hydrogen-bond acceptors (Lipinski definition) is 2. The van der Waals surface area contributed by atoms with Crippen LogP contribution in [0, 0.1) is 0 Å². The molecule has 4 heteroatoms. The summed E-state index contributed by atoms with van der Waals surface area (Å²) < 4.78 is 0.323. The highest BCUT2D eigenvalue weighted by atomic mass is 16.2. The van der Waals surface area contributed by atoms with Crippen molar-refractivity contribution in [2.24, 2.45) is 5.10 Å². The van der Waals surface area contributed by atoms with Crippen molar-refractivity contribution in [3.05, 3.63) is 70.8 Å². The minimum absolute atomic E-state index is 0.0782.